The summed E-state index contributed by atoms with van der Waals surface area (Å²) in [6.45, 7) is -0.279. The number of amides is 2. The van der Waals surface area contributed by atoms with E-state index in [4.69, 9.17) is 4.74 Å². The molecule has 0 unspecified atom stereocenters. The third-order valence-corrected chi connectivity index (χ3v) is 5.80. The van der Waals surface area contributed by atoms with Crippen LogP contribution in [0.2, 0.25) is 0 Å². The Labute approximate surface area is 194 Å². The van der Waals surface area contributed by atoms with Gasteiger partial charge in [0.15, 0.2) is 6.61 Å². The van der Waals surface area contributed by atoms with Gasteiger partial charge in [-0.05, 0) is 53.4 Å². The quantitative estimate of drug-likeness (QED) is 0.369. The minimum Gasteiger partial charge on any atom is -0.483 e. The van der Waals surface area contributed by atoms with Crippen molar-refractivity contribution in [2.75, 3.05) is 11.9 Å². The second kappa shape index (κ2) is 10.6. The Morgan fingerprint density at radius 2 is 1.61 bits per heavy atom. The molecular weight excluding hydrogens is 439 g/mol. The molecule has 0 aliphatic carbocycles. The van der Waals surface area contributed by atoms with E-state index in [-0.39, 0.29) is 24.2 Å². The van der Waals surface area contributed by atoms with Gasteiger partial charge in [0.05, 0.1) is 11.6 Å². The summed E-state index contributed by atoms with van der Waals surface area (Å²) in [6.07, 6.45) is 0. The van der Waals surface area contributed by atoms with Gasteiger partial charge in [0.1, 0.15) is 11.6 Å². The Hall–Kier alpha value is -3.97. The molecule has 1 heterocycles. The number of nitrogens with one attached hydrogen (secondary N) is 2. The standard InChI is InChI=1S/C26H21FN2O3S/c27-19-14-12-18(13-15-19)25(23-11-6-16-33-23)29-24(30)17-32-22-10-5-4-9-21(22)26(31)28-20-7-2-1-3-8-20/h1-16,25H,17H2,(H,28,31)(H,29,30)/t25-/m1/s1. The number of thiophene rings is 1. The largest absolute Gasteiger partial charge is 0.483 e. The second-order valence-electron chi connectivity index (χ2n) is 7.17. The first-order valence-corrected chi connectivity index (χ1v) is 11.1. The zero-order valence-corrected chi connectivity index (χ0v) is 18.3. The summed E-state index contributed by atoms with van der Waals surface area (Å²) in [5.41, 5.74) is 1.74. The molecule has 1 aromatic heterocycles. The van der Waals surface area contributed by atoms with Crippen molar-refractivity contribution in [1.82, 2.24) is 5.32 Å². The number of carbonyl (C=O) groups is 2. The number of ether oxygens (including phenoxy) is 1. The smallest absolute Gasteiger partial charge is 0.259 e. The zero-order chi connectivity index (χ0) is 23.0. The monoisotopic (exact) mass is 460 g/mol. The summed E-state index contributed by atoms with van der Waals surface area (Å²) in [7, 11) is 0. The van der Waals surface area contributed by atoms with Crippen LogP contribution in [0.3, 0.4) is 0 Å². The average Bonchev–Trinajstić information content (AvgIpc) is 3.37. The van der Waals surface area contributed by atoms with Crippen molar-refractivity contribution in [3.63, 3.8) is 0 Å². The number of benzene rings is 3. The summed E-state index contributed by atoms with van der Waals surface area (Å²) in [6, 6.07) is 25.2. The van der Waals surface area contributed by atoms with Gasteiger partial charge < -0.3 is 15.4 Å². The van der Waals surface area contributed by atoms with Gasteiger partial charge in [-0.15, -0.1) is 11.3 Å². The molecule has 0 radical (unpaired) electrons. The molecule has 1 atom stereocenters. The van der Waals surface area contributed by atoms with E-state index in [0.717, 1.165) is 10.4 Å². The number of anilines is 1. The van der Waals surface area contributed by atoms with Gasteiger partial charge in [0.2, 0.25) is 0 Å². The average molecular weight is 461 g/mol. The van der Waals surface area contributed by atoms with Gasteiger partial charge in [0, 0.05) is 10.6 Å². The molecular formula is C26H21FN2O3S. The molecule has 0 aliphatic heterocycles. The lowest BCUT2D eigenvalue weighted by molar-refractivity contribution is -0.123. The number of hydrogen-bond donors (Lipinski definition) is 2. The van der Waals surface area contributed by atoms with Crippen LogP contribution in [-0.2, 0) is 4.79 Å². The summed E-state index contributed by atoms with van der Waals surface area (Å²) >= 11 is 1.49. The first-order chi connectivity index (χ1) is 16.1. The Morgan fingerprint density at radius 1 is 0.879 bits per heavy atom. The molecule has 2 N–H and O–H groups in total. The normalized spacial score (nSPS) is 11.4. The van der Waals surface area contributed by atoms with E-state index in [1.165, 1.54) is 23.5 Å². The summed E-state index contributed by atoms with van der Waals surface area (Å²) in [5, 5.41) is 7.66. The molecule has 0 spiro atoms. The topological polar surface area (TPSA) is 67.4 Å². The lowest BCUT2D eigenvalue weighted by Crippen LogP contribution is -2.33. The van der Waals surface area contributed by atoms with E-state index < -0.39 is 6.04 Å². The highest BCUT2D eigenvalue weighted by Gasteiger charge is 2.19. The number of rotatable bonds is 8. The van der Waals surface area contributed by atoms with Crippen LogP contribution >= 0.6 is 11.3 Å². The van der Waals surface area contributed by atoms with Crippen LogP contribution in [0.4, 0.5) is 10.1 Å². The van der Waals surface area contributed by atoms with Crippen LogP contribution in [-0.4, -0.2) is 18.4 Å². The van der Waals surface area contributed by atoms with E-state index >= 15 is 0 Å². The number of para-hydroxylation sites is 2. The maximum atomic E-state index is 13.4. The third kappa shape index (κ3) is 5.84. The van der Waals surface area contributed by atoms with Crippen LogP contribution in [0, 0.1) is 5.82 Å². The van der Waals surface area contributed by atoms with E-state index in [0.29, 0.717) is 17.0 Å². The molecule has 0 saturated heterocycles. The molecule has 2 amide bonds. The van der Waals surface area contributed by atoms with Crippen molar-refractivity contribution in [3.8, 4) is 5.75 Å². The van der Waals surface area contributed by atoms with Crippen molar-refractivity contribution < 1.29 is 18.7 Å². The maximum Gasteiger partial charge on any atom is 0.259 e. The highest BCUT2D eigenvalue weighted by molar-refractivity contribution is 7.10. The molecule has 0 bridgehead atoms. The van der Waals surface area contributed by atoms with Crippen molar-refractivity contribution in [3.05, 3.63) is 118 Å². The van der Waals surface area contributed by atoms with Crippen molar-refractivity contribution in [1.29, 1.82) is 0 Å². The summed E-state index contributed by atoms with van der Waals surface area (Å²) in [5.74, 6) is -0.741. The Balaban J connectivity index is 1.44. The van der Waals surface area contributed by atoms with Gasteiger partial charge in [-0.3, -0.25) is 9.59 Å². The molecule has 0 aliphatic rings. The summed E-state index contributed by atoms with van der Waals surface area (Å²) in [4.78, 5) is 26.3. The van der Waals surface area contributed by atoms with Crippen molar-refractivity contribution in [2.45, 2.75) is 6.04 Å². The van der Waals surface area contributed by atoms with Crippen LogP contribution in [0.25, 0.3) is 0 Å². The first kappa shape index (κ1) is 22.2. The fourth-order valence-electron chi connectivity index (χ4n) is 3.28. The number of carbonyl (C=O) groups excluding carboxylic acids is 2. The fraction of sp³-hybridized carbons (Fsp3) is 0.0769. The maximum absolute atomic E-state index is 13.4. The van der Waals surface area contributed by atoms with E-state index in [1.807, 2.05) is 35.7 Å². The molecule has 7 heteroatoms. The molecule has 3 aromatic carbocycles. The zero-order valence-electron chi connectivity index (χ0n) is 17.5. The predicted molar refractivity (Wildman–Crippen MR) is 127 cm³/mol. The predicted octanol–water partition coefficient (Wildman–Crippen LogP) is 5.42. The lowest BCUT2D eigenvalue weighted by atomic mass is 10.1. The van der Waals surface area contributed by atoms with Gasteiger partial charge in [-0.1, -0.05) is 48.5 Å². The molecule has 4 aromatic rings. The molecule has 0 fully saturated rings. The highest BCUT2D eigenvalue weighted by atomic mass is 32.1. The van der Waals surface area contributed by atoms with E-state index in [2.05, 4.69) is 10.6 Å². The van der Waals surface area contributed by atoms with Crippen LogP contribution < -0.4 is 15.4 Å². The highest BCUT2D eigenvalue weighted by Crippen LogP contribution is 2.26. The summed E-state index contributed by atoms with van der Waals surface area (Å²) < 4.78 is 19.1. The first-order valence-electron chi connectivity index (χ1n) is 10.3. The molecule has 33 heavy (non-hydrogen) atoms. The van der Waals surface area contributed by atoms with Crippen LogP contribution in [0.5, 0.6) is 5.75 Å². The molecule has 4 rings (SSSR count). The van der Waals surface area contributed by atoms with Gasteiger partial charge in [0.25, 0.3) is 11.8 Å². The SMILES string of the molecule is O=C(COc1ccccc1C(=O)Nc1ccccc1)N[C@H](c1ccc(F)cc1)c1cccs1. The second-order valence-corrected chi connectivity index (χ2v) is 8.15. The minimum absolute atomic E-state index is 0.279. The number of halogens is 1. The number of hydrogen-bond acceptors (Lipinski definition) is 4. The van der Waals surface area contributed by atoms with Crippen molar-refractivity contribution in [2.24, 2.45) is 0 Å². The fourth-order valence-corrected chi connectivity index (χ4v) is 4.08. The van der Waals surface area contributed by atoms with Gasteiger partial charge >= 0.3 is 0 Å². The van der Waals surface area contributed by atoms with Crippen LogP contribution in [0.1, 0.15) is 26.8 Å². The third-order valence-electron chi connectivity index (χ3n) is 4.86. The van der Waals surface area contributed by atoms with Gasteiger partial charge in [-0.25, -0.2) is 4.39 Å². The minimum atomic E-state index is -0.432. The van der Waals surface area contributed by atoms with Crippen molar-refractivity contribution >= 4 is 28.8 Å². The Bertz CT molecular complexity index is 1210. The lowest BCUT2D eigenvalue weighted by Gasteiger charge is -2.19. The molecule has 5 nitrogen and oxygen atoms in total. The molecule has 0 saturated carbocycles. The Morgan fingerprint density at radius 3 is 2.33 bits per heavy atom. The van der Waals surface area contributed by atoms with E-state index in [9.17, 15) is 14.0 Å². The Kier molecular flexibility index (Phi) is 7.12. The van der Waals surface area contributed by atoms with Crippen LogP contribution in [0.15, 0.2) is 96.4 Å². The van der Waals surface area contributed by atoms with Gasteiger partial charge in [-0.2, -0.15) is 0 Å². The molecule has 166 valence electrons. The van der Waals surface area contributed by atoms with E-state index in [1.54, 1.807) is 48.5 Å².